The summed E-state index contributed by atoms with van der Waals surface area (Å²) < 4.78 is 13.5. The molecule has 0 fully saturated rings. The first kappa shape index (κ1) is 13.7. The number of hydrogen-bond acceptors (Lipinski definition) is 3. The molecule has 1 aromatic carbocycles. The van der Waals surface area contributed by atoms with Gasteiger partial charge in [-0.2, -0.15) is 5.10 Å². The van der Waals surface area contributed by atoms with Gasteiger partial charge < -0.3 is 10.4 Å². The highest BCUT2D eigenvalue weighted by atomic mass is 19.1. The van der Waals surface area contributed by atoms with Crippen LogP contribution in [0, 0.1) is 19.7 Å². The molecular weight excluding hydrogens is 265 g/mol. The topological polar surface area (TPSA) is 95.1 Å². The van der Waals surface area contributed by atoms with Crippen LogP contribution in [0.25, 0.3) is 0 Å². The first-order valence-electron chi connectivity index (χ1n) is 5.76. The third-order valence-corrected chi connectivity index (χ3v) is 2.83. The lowest BCUT2D eigenvalue weighted by Gasteiger charge is -2.09. The highest BCUT2D eigenvalue weighted by molar-refractivity contribution is 6.08. The summed E-state index contributed by atoms with van der Waals surface area (Å²) in [6.45, 7) is 3.31. The molecule has 0 spiro atoms. The third-order valence-electron chi connectivity index (χ3n) is 2.83. The summed E-state index contributed by atoms with van der Waals surface area (Å²) in [4.78, 5) is 23.2. The van der Waals surface area contributed by atoms with Gasteiger partial charge in [-0.05, 0) is 26.0 Å². The maximum absolute atomic E-state index is 13.5. The Hall–Kier alpha value is -2.70. The Labute approximate surface area is 113 Å². The van der Waals surface area contributed by atoms with Crippen LogP contribution in [-0.2, 0) is 0 Å². The molecule has 104 valence electrons. The average Bonchev–Trinajstić information content (AvgIpc) is 2.68. The summed E-state index contributed by atoms with van der Waals surface area (Å²) in [5.41, 5.74) is 0.675. The first-order chi connectivity index (χ1) is 9.41. The summed E-state index contributed by atoms with van der Waals surface area (Å²) in [6, 6.07) is 3.68. The summed E-state index contributed by atoms with van der Waals surface area (Å²) in [5, 5.41) is 17.9. The molecule has 0 atom stereocenters. The average molecular weight is 277 g/mol. The lowest BCUT2D eigenvalue weighted by Crippen LogP contribution is -2.17. The number of aryl methyl sites for hydroxylation is 2. The van der Waals surface area contributed by atoms with E-state index in [2.05, 4.69) is 15.5 Å². The minimum atomic E-state index is -1.45. The van der Waals surface area contributed by atoms with Crippen LogP contribution in [0.5, 0.6) is 0 Å². The molecule has 20 heavy (non-hydrogen) atoms. The van der Waals surface area contributed by atoms with Crippen molar-refractivity contribution in [2.24, 2.45) is 0 Å². The molecule has 1 aromatic heterocycles. The van der Waals surface area contributed by atoms with Gasteiger partial charge in [0.25, 0.3) is 5.91 Å². The number of rotatable bonds is 3. The normalized spacial score (nSPS) is 10.3. The Balaban J connectivity index is 2.39. The van der Waals surface area contributed by atoms with Gasteiger partial charge in [-0.3, -0.25) is 9.89 Å². The second-order valence-corrected chi connectivity index (χ2v) is 4.23. The zero-order chi connectivity index (χ0) is 14.9. The molecular formula is C13H12FN3O3. The molecule has 0 saturated heterocycles. The van der Waals surface area contributed by atoms with Crippen molar-refractivity contribution in [1.82, 2.24) is 10.2 Å². The summed E-state index contributed by atoms with van der Waals surface area (Å²) in [5.74, 6) is -2.89. The molecule has 6 nitrogen and oxygen atoms in total. The number of carbonyl (C=O) groups is 2. The molecule has 2 aromatic rings. The molecule has 0 radical (unpaired) electrons. The van der Waals surface area contributed by atoms with Crippen molar-refractivity contribution >= 4 is 17.6 Å². The highest BCUT2D eigenvalue weighted by Gasteiger charge is 2.20. The fourth-order valence-electron chi connectivity index (χ4n) is 1.92. The van der Waals surface area contributed by atoms with Crippen molar-refractivity contribution in [2.75, 3.05) is 5.32 Å². The maximum Gasteiger partial charge on any atom is 0.340 e. The van der Waals surface area contributed by atoms with Crippen molar-refractivity contribution in [3.63, 3.8) is 0 Å². The van der Waals surface area contributed by atoms with Gasteiger partial charge in [0, 0.05) is 5.69 Å². The fourth-order valence-corrected chi connectivity index (χ4v) is 1.92. The van der Waals surface area contributed by atoms with Crippen LogP contribution in [0.4, 0.5) is 10.1 Å². The molecule has 0 bridgehead atoms. The Morgan fingerprint density at radius 3 is 2.55 bits per heavy atom. The van der Waals surface area contributed by atoms with Crippen LogP contribution in [-0.4, -0.2) is 27.2 Å². The summed E-state index contributed by atoms with van der Waals surface area (Å²) in [7, 11) is 0. The Morgan fingerprint density at radius 1 is 1.30 bits per heavy atom. The van der Waals surface area contributed by atoms with Crippen molar-refractivity contribution in [3.05, 3.63) is 46.5 Å². The largest absolute Gasteiger partial charge is 0.478 e. The zero-order valence-corrected chi connectivity index (χ0v) is 10.8. The Bertz CT molecular complexity index is 675. The van der Waals surface area contributed by atoms with Crippen LogP contribution in [0.3, 0.4) is 0 Å². The SMILES string of the molecule is Cc1n[nH]c(C)c1C(=O)Nc1cccc(F)c1C(=O)O. The predicted octanol–water partition coefficient (Wildman–Crippen LogP) is 2.12. The Morgan fingerprint density at radius 2 is 2.00 bits per heavy atom. The van der Waals surface area contributed by atoms with Gasteiger partial charge in [0.2, 0.25) is 0 Å². The standard InChI is InChI=1S/C13H12FN3O3/c1-6-10(7(2)17-16-6)12(18)15-9-5-3-4-8(14)11(9)13(19)20/h3-5H,1-2H3,(H,15,18)(H,16,17)(H,19,20). The van der Waals surface area contributed by atoms with Gasteiger partial charge in [0.1, 0.15) is 11.4 Å². The molecule has 1 heterocycles. The second-order valence-electron chi connectivity index (χ2n) is 4.23. The van der Waals surface area contributed by atoms with Crippen LogP contribution in [0.15, 0.2) is 18.2 Å². The van der Waals surface area contributed by atoms with E-state index in [-0.39, 0.29) is 5.69 Å². The third kappa shape index (κ3) is 2.37. The number of carboxylic acids is 1. The predicted molar refractivity (Wildman–Crippen MR) is 69.4 cm³/mol. The van der Waals surface area contributed by atoms with E-state index in [9.17, 15) is 14.0 Å². The molecule has 3 N–H and O–H groups in total. The van der Waals surface area contributed by atoms with Crippen LogP contribution >= 0.6 is 0 Å². The van der Waals surface area contributed by atoms with E-state index in [4.69, 9.17) is 5.11 Å². The van der Waals surface area contributed by atoms with E-state index < -0.39 is 23.3 Å². The smallest absolute Gasteiger partial charge is 0.340 e. The van der Waals surface area contributed by atoms with E-state index in [1.807, 2.05) is 0 Å². The van der Waals surface area contributed by atoms with Crippen LogP contribution in [0.2, 0.25) is 0 Å². The van der Waals surface area contributed by atoms with Crippen molar-refractivity contribution < 1.29 is 19.1 Å². The number of benzene rings is 1. The molecule has 2 rings (SSSR count). The van der Waals surface area contributed by atoms with Crippen molar-refractivity contribution in [2.45, 2.75) is 13.8 Å². The molecule has 1 amide bonds. The first-order valence-corrected chi connectivity index (χ1v) is 5.76. The molecule has 0 aliphatic carbocycles. The highest BCUT2D eigenvalue weighted by Crippen LogP contribution is 2.20. The fraction of sp³-hybridized carbons (Fsp3) is 0.154. The quantitative estimate of drug-likeness (QED) is 0.800. The molecule has 7 heteroatoms. The van der Waals surface area contributed by atoms with Gasteiger partial charge >= 0.3 is 5.97 Å². The number of amides is 1. The maximum atomic E-state index is 13.5. The number of anilines is 1. The van der Waals surface area contributed by atoms with E-state index in [1.165, 1.54) is 12.1 Å². The second kappa shape index (κ2) is 5.12. The number of aromatic amines is 1. The van der Waals surface area contributed by atoms with Gasteiger partial charge in [-0.15, -0.1) is 0 Å². The lowest BCUT2D eigenvalue weighted by molar-refractivity contribution is 0.0693. The summed E-state index contributed by atoms with van der Waals surface area (Å²) >= 11 is 0. The zero-order valence-electron chi connectivity index (χ0n) is 10.8. The van der Waals surface area contributed by atoms with Crippen molar-refractivity contribution in [1.29, 1.82) is 0 Å². The number of nitrogens with one attached hydrogen (secondary N) is 2. The number of halogens is 1. The minimum absolute atomic E-state index is 0.0949. The molecule has 0 aliphatic rings. The van der Waals surface area contributed by atoms with Crippen LogP contribution in [0.1, 0.15) is 32.1 Å². The van der Waals surface area contributed by atoms with Crippen LogP contribution < -0.4 is 5.32 Å². The van der Waals surface area contributed by atoms with E-state index in [0.717, 1.165) is 6.07 Å². The van der Waals surface area contributed by atoms with Crippen molar-refractivity contribution in [3.8, 4) is 0 Å². The Kier molecular flexibility index (Phi) is 3.51. The molecule has 0 unspecified atom stereocenters. The minimum Gasteiger partial charge on any atom is -0.478 e. The van der Waals surface area contributed by atoms with Gasteiger partial charge in [0.15, 0.2) is 0 Å². The van der Waals surface area contributed by atoms with E-state index in [0.29, 0.717) is 17.0 Å². The molecule has 0 saturated carbocycles. The number of hydrogen-bond donors (Lipinski definition) is 3. The summed E-state index contributed by atoms with van der Waals surface area (Å²) in [6.07, 6.45) is 0. The monoisotopic (exact) mass is 277 g/mol. The number of nitrogens with zero attached hydrogens (tertiary/aromatic N) is 1. The number of carboxylic acid groups (broad SMARTS) is 1. The number of aromatic nitrogens is 2. The number of H-pyrrole nitrogens is 1. The van der Waals surface area contributed by atoms with Gasteiger partial charge in [-0.1, -0.05) is 6.07 Å². The number of aromatic carboxylic acids is 1. The van der Waals surface area contributed by atoms with Gasteiger partial charge in [0.05, 0.1) is 16.9 Å². The van der Waals surface area contributed by atoms with E-state index in [1.54, 1.807) is 13.8 Å². The van der Waals surface area contributed by atoms with Gasteiger partial charge in [-0.25, -0.2) is 9.18 Å². The molecule has 0 aliphatic heterocycles. The van der Waals surface area contributed by atoms with E-state index >= 15 is 0 Å². The number of carbonyl (C=O) groups excluding carboxylic acids is 1. The lowest BCUT2D eigenvalue weighted by atomic mass is 10.1.